The molecule has 0 aromatic heterocycles. The van der Waals surface area contributed by atoms with Crippen LogP contribution in [0.4, 0.5) is 0 Å². The summed E-state index contributed by atoms with van der Waals surface area (Å²) in [7, 11) is 0. The SMILES string of the molecule is CC(COC(=O)CCS)(COC(=O)CCS)CC(=O)CS. The summed E-state index contributed by atoms with van der Waals surface area (Å²) in [6.45, 7) is 1.75. The highest BCUT2D eigenvalue weighted by Gasteiger charge is 2.30. The van der Waals surface area contributed by atoms with Crippen molar-refractivity contribution in [1.29, 1.82) is 0 Å². The van der Waals surface area contributed by atoms with Gasteiger partial charge in [0.25, 0.3) is 0 Å². The van der Waals surface area contributed by atoms with Crippen LogP contribution in [0, 0.1) is 5.41 Å². The summed E-state index contributed by atoms with van der Waals surface area (Å²) in [5, 5.41) is 0. The van der Waals surface area contributed by atoms with Crippen molar-refractivity contribution < 1.29 is 23.9 Å². The summed E-state index contributed by atoms with van der Waals surface area (Å²) in [6.07, 6.45) is 0.511. The first-order chi connectivity index (χ1) is 9.86. The summed E-state index contributed by atoms with van der Waals surface area (Å²) < 4.78 is 10.2. The Labute approximate surface area is 141 Å². The number of hydrogen-bond donors (Lipinski definition) is 3. The molecule has 5 nitrogen and oxygen atoms in total. The molecule has 0 aliphatic rings. The van der Waals surface area contributed by atoms with Gasteiger partial charge in [-0.3, -0.25) is 14.4 Å². The maximum atomic E-state index is 11.6. The van der Waals surface area contributed by atoms with Gasteiger partial charge in [0.1, 0.15) is 19.0 Å². The molecule has 0 atom stereocenters. The molecule has 21 heavy (non-hydrogen) atoms. The largest absolute Gasteiger partial charge is 0.465 e. The molecule has 0 rings (SSSR count). The molecule has 0 aliphatic heterocycles. The Hall–Kier alpha value is -0.340. The van der Waals surface area contributed by atoms with Crippen LogP contribution in [0.1, 0.15) is 26.2 Å². The zero-order valence-corrected chi connectivity index (χ0v) is 14.7. The highest BCUT2D eigenvalue weighted by Crippen LogP contribution is 2.24. The van der Waals surface area contributed by atoms with Crippen LogP contribution < -0.4 is 0 Å². The van der Waals surface area contributed by atoms with E-state index in [1.807, 2.05) is 0 Å². The van der Waals surface area contributed by atoms with Crippen molar-refractivity contribution in [2.24, 2.45) is 5.41 Å². The molecule has 0 aromatic carbocycles. The van der Waals surface area contributed by atoms with Crippen molar-refractivity contribution >= 4 is 55.6 Å². The van der Waals surface area contributed by atoms with Crippen LogP contribution in [0.25, 0.3) is 0 Å². The van der Waals surface area contributed by atoms with E-state index in [2.05, 4.69) is 37.9 Å². The summed E-state index contributed by atoms with van der Waals surface area (Å²) in [6, 6.07) is 0. The number of thiol groups is 3. The highest BCUT2D eigenvalue weighted by molar-refractivity contribution is 7.81. The molecule has 0 aliphatic carbocycles. The molecule has 0 aromatic rings. The van der Waals surface area contributed by atoms with E-state index in [0.717, 1.165) is 0 Å². The molecular weight excluding hydrogens is 332 g/mol. The van der Waals surface area contributed by atoms with Crippen molar-refractivity contribution in [2.45, 2.75) is 26.2 Å². The third kappa shape index (κ3) is 10.1. The third-order valence-electron chi connectivity index (χ3n) is 2.60. The molecule has 0 bridgehead atoms. The third-order valence-corrected chi connectivity index (χ3v) is 3.40. The first-order valence-electron chi connectivity index (χ1n) is 6.52. The highest BCUT2D eigenvalue weighted by atomic mass is 32.1. The number of Topliss-reactive ketones (excluding diaryl/α,β-unsaturated/α-hetero) is 1. The number of esters is 2. The monoisotopic (exact) mass is 354 g/mol. The van der Waals surface area contributed by atoms with Crippen LogP contribution in [0.2, 0.25) is 0 Å². The van der Waals surface area contributed by atoms with Gasteiger partial charge in [0, 0.05) is 29.1 Å². The maximum absolute atomic E-state index is 11.6. The van der Waals surface area contributed by atoms with Gasteiger partial charge >= 0.3 is 11.9 Å². The van der Waals surface area contributed by atoms with E-state index in [9.17, 15) is 14.4 Å². The van der Waals surface area contributed by atoms with Crippen LogP contribution >= 0.6 is 37.9 Å². The molecule has 8 heteroatoms. The van der Waals surface area contributed by atoms with Gasteiger partial charge in [0.2, 0.25) is 0 Å². The van der Waals surface area contributed by atoms with Crippen LogP contribution in [0.3, 0.4) is 0 Å². The molecule has 0 saturated carbocycles. The van der Waals surface area contributed by atoms with Crippen LogP contribution in [-0.4, -0.2) is 48.2 Å². The number of ether oxygens (including phenoxy) is 2. The molecule has 122 valence electrons. The zero-order chi connectivity index (χ0) is 16.3. The molecule has 0 radical (unpaired) electrons. The topological polar surface area (TPSA) is 69.7 Å². The quantitative estimate of drug-likeness (QED) is 0.388. The van der Waals surface area contributed by atoms with E-state index in [0.29, 0.717) is 11.5 Å². The Bertz CT molecular complexity index is 338. The minimum atomic E-state index is -0.752. The lowest BCUT2D eigenvalue weighted by Crippen LogP contribution is -2.34. The molecule has 0 unspecified atom stereocenters. The minimum Gasteiger partial charge on any atom is -0.465 e. The number of ketones is 1. The molecule has 0 fully saturated rings. The van der Waals surface area contributed by atoms with E-state index in [1.54, 1.807) is 6.92 Å². The van der Waals surface area contributed by atoms with Gasteiger partial charge in [-0.1, -0.05) is 6.92 Å². The first kappa shape index (κ1) is 20.7. The summed E-state index contributed by atoms with van der Waals surface area (Å²) in [5.41, 5.74) is -0.752. The lowest BCUT2D eigenvalue weighted by atomic mass is 9.87. The second-order valence-corrected chi connectivity index (χ2v) is 6.16. The molecule has 0 N–H and O–H groups in total. The summed E-state index contributed by atoms with van der Waals surface area (Å²) >= 11 is 11.8. The Morgan fingerprint density at radius 1 is 0.905 bits per heavy atom. The predicted molar refractivity (Wildman–Crippen MR) is 90.4 cm³/mol. The summed E-state index contributed by atoms with van der Waals surface area (Å²) in [4.78, 5) is 34.4. The van der Waals surface area contributed by atoms with E-state index in [-0.39, 0.29) is 44.0 Å². The van der Waals surface area contributed by atoms with Crippen LogP contribution in [0.15, 0.2) is 0 Å². The first-order valence-corrected chi connectivity index (χ1v) is 8.42. The van der Waals surface area contributed by atoms with Gasteiger partial charge in [-0.05, 0) is 0 Å². The molecular formula is C13H22O5S3. The van der Waals surface area contributed by atoms with E-state index >= 15 is 0 Å². The zero-order valence-electron chi connectivity index (χ0n) is 12.0. The number of rotatable bonds is 11. The minimum absolute atomic E-state index is 0.00723. The molecule has 0 saturated heterocycles. The fourth-order valence-electron chi connectivity index (χ4n) is 1.51. The van der Waals surface area contributed by atoms with Gasteiger partial charge in [0.05, 0.1) is 12.8 Å². The van der Waals surface area contributed by atoms with Crippen molar-refractivity contribution in [3.05, 3.63) is 0 Å². The molecule has 0 spiro atoms. The smallest absolute Gasteiger partial charge is 0.306 e. The second-order valence-electron chi connectivity index (χ2n) is 4.95. The number of carbonyl (C=O) groups is 3. The average molecular weight is 355 g/mol. The van der Waals surface area contributed by atoms with Crippen molar-refractivity contribution in [1.82, 2.24) is 0 Å². The Morgan fingerprint density at radius 3 is 1.67 bits per heavy atom. The van der Waals surface area contributed by atoms with Crippen LogP contribution in [0.5, 0.6) is 0 Å². The lowest BCUT2D eigenvalue weighted by Gasteiger charge is -2.27. The fraction of sp³-hybridized carbons (Fsp3) is 0.769. The van der Waals surface area contributed by atoms with E-state index < -0.39 is 17.4 Å². The standard InChI is InChI=1S/C13H22O5S3/c1-13(6-10(14)7-21,8-17-11(15)2-4-19)9-18-12(16)3-5-20/h19-21H,2-9H2,1H3. The summed E-state index contributed by atoms with van der Waals surface area (Å²) in [5.74, 6) is -0.0155. The Kier molecular flexibility index (Phi) is 11.1. The van der Waals surface area contributed by atoms with Gasteiger partial charge in [0.15, 0.2) is 0 Å². The van der Waals surface area contributed by atoms with Gasteiger partial charge in [-0.25, -0.2) is 0 Å². The molecule has 0 amide bonds. The fourth-order valence-corrected chi connectivity index (χ4v) is 1.99. The van der Waals surface area contributed by atoms with Crippen LogP contribution in [-0.2, 0) is 23.9 Å². The van der Waals surface area contributed by atoms with Gasteiger partial charge in [-0.2, -0.15) is 37.9 Å². The Morgan fingerprint density at radius 2 is 1.33 bits per heavy atom. The van der Waals surface area contributed by atoms with Crippen molar-refractivity contribution in [2.75, 3.05) is 30.5 Å². The van der Waals surface area contributed by atoms with Crippen molar-refractivity contribution in [3.8, 4) is 0 Å². The van der Waals surface area contributed by atoms with E-state index in [1.165, 1.54) is 0 Å². The normalized spacial score (nSPS) is 11.0. The average Bonchev–Trinajstić information content (AvgIpc) is 2.44. The van der Waals surface area contributed by atoms with Gasteiger partial charge in [-0.15, -0.1) is 0 Å². The second kappa shape index (κ2) is 11.3. The predicted octanol–water partition coefficient (Wildman–Crippen LogP) is 1.61. The van der Waals surface area contributed by atoms with E-state index in [4.69, 9.17) is 9.47 Å². The Balaban J connectivity index is 4.56. The maximum Gasteiger partial charge on any atom is 0.306 e. The number of hydrogen-bond acceptors (Lipinski definition) is 8. The van der Waals surface area contributed by atoms with Crippen molar-refractivity contribution in [3.63, 3.8) is 0 Å². The molecule has 0 heterocycles. The number of carbonyl (C=O) groups excluding carboxylic acids is 3. The van der Waals surface area contributed by atoms with Gasteiger partial charge < -0.3 is 9.47 Å². The lowest BCUT2D eigenvalue weighted by molar-refractivity contribution is -0.154.